The first kappa shape index (κ1) is 17.3. The zero-order valence-corrected chi connectivity index (χ0v) is 13.6. The maximum Gasteiger partial charge on any atom is 0.407 e. The van der Waals surface area contributed by atoms with Crippen molar-refractivity contribution in [3.05, 3.63) is 35.9 Å². The Labute approximate surface area is 137 Å². The average molecular weight is 319 g/mol. The quantitative estimate of drug-likeness (QED) is 0.838. The highest BCUT2D eigenvalue weighted by Gasteiger charge is 2.38. The number of rotatable bonds is 6. The van der Waals surface area contributed by atoms with Crippen LogP contribution in [-0.4, -0.2) is 22.7 Å². The van der Waals surface area contributed by atoms with Gasteiger partial charge < -0.3 is 15.2 Å². The van der Waals surface area contributed by atoms with E-state index >= 15 is 0 Å². The van der Waals surface area contributed by atoms with E-state index in [2.05, 4.69) is 5.32 Å². The normalized spacial score (nSPS) is 18.0. The van der Waals surface area contributed by atoms with Crippen molar-refractivity contribution >= 4 is 12.1 Å². The van der Waals surface area contributed by atoms with Gasteiger partial charge in [-0.3, -0.25) is 4.79 Å². The number of alkyl carbamates (subject to hydrolysis) is 1. The monoisotopic (exact) mass is 319 g/mol. The van der Waals surface area contributed by atoms with Gasteiger partial charge in [0, 0.05) is 0 Å². The van der Waals surface area contributed by atoms with Crippen LogP contribution in [0.15, 0.2) is 30.3 Å². The third-order valence-corrected chi connectivity index (χ3v) is 4.63. The smallest absolute Gasteiger partial charge is 0.407 e. The number of amides is 1. The summed E-state index contributed by atoms with van der Waals surface area (Å²) in [7, 11) is 0. The Morgan fingerprint density at radius 3 is 2.48 bits per heavy atom. The molecule has 1 aliphatic rings. The summed E-state index contributed by atoms with van der Waals surface area (Å²) >= 11 is 0. The minimum absolute atomic E-state index is 0.0852. The van der Waals surface area contributed by atoms with Gasteiger partial charge in [-0.2, -0.15) is 0 Å². The molecule has 0 aliphatic heterocycles. The molecule has 1 atom stereocenters. The summed E-state index contributed by atoms with van der Waals surface area (Å²) in [6.07, 6.45) is 4.60. The Morgan fingerprint density at radius 1 is 1.22 bits per heavy atom. The fourth-order valence-corrected chi connectivity index (χ4v) is 3.34. The van der Waals surface area contributed by atoms with Crippen LogP contribution in [0.4, 0.5) is 4.79 Å². The van der Waals surface area contributed by atoms with Crippen molar-refractivity contribution in [2.75, 3.05) is 0 Å². The second kappa shape index (κ2) is 7.99. The molecule has 5 nitrogen and oxygen atoms in total. The van der Waals surface area contributed by atoms with Crippen LogP contribution in [0.3, 0.4) is 0 Å². The fraction of sp³-hybridized carbons (Fsp3) is 0.556. The van der Waals surface area contributed by atoms with Gasteiger partial charge in [0.15, 0.2) is 0 Å². The average Bonchev–Trinajstić information content (AvgIpc) is 2.54. The van der Waals surface area contributed by atoms with E-state index in [9.17, 15) is 14.7 Å². The van der Waals surface area contributed by atoms with Gasteiger partial charge in [-0.15, -0.1) is 0 Å². The van der Waals surface area contributed by atoms with E-state index in [0.717, 1.165) is 31.2 Å². The molecule has 126 valence electrons. The Kier molecular flexibility index (Phi) is 6.02. The van der Waals surface area contributed by atoms with E-state index in [1.54, 1.807) is 0 Å². The highest BCUT2D eigenvalue weighted by Crippen LogP contribution is 2.34. The molecule has 0 bridgehead atoms. The van der Waals surface area contributed by atoms with Crippen molar-refractivity contribution in [2.45, 2.75) is 57.6 Å². The predicted molar refractivity (Wildman–Crippen MR) is 87.0 cm³/mol. The minimum atomic E-state index is -0.901. The molecule has 1 amide bonds. The van der Waals surface area contributed by atoms with Gasteiger partial charge in [0.05, 0.1) is 12.0 Å². The molecule has 0 aromatic heterocycles. The molecule has 1 aromatic rings. The fourth-order valence-electron chi connectivity index (χ4n) is 3.34. The summed E-state index contributed by atoms with van der Waals surface area (Å²) < 4.78 is 5.25. The molecular weight excluding hydrogens is 294 g/mol. The van der Waals surface area contributed by atoms with Crippen LogP contribution in [0.25, 0.3) is 0 Å². The molecule has 0 spiro atoms. The van der Waals surface area contributed by atoms with Gasteiger partial charge in [0.25, 0.3) is 0 Å². The number of nitrogens with one attached hydrogen (secondary N) is 1. The molecule has 1 aliphatic carbocycles. The molecule has 1 fully saturated rings. The first-order chi connectivity index (χ1) is 11.0. The van der Waals surface area contributed by atoms with E-state index < -0.39 is 17.6 Å². The molecule has 0 radical (unpaired) electrons. The Hall–Kier alpha value is -2.04. The maximum atomic E-state index is 12.1. The SMILES string of the molecule is C[C@](CC(=O)O)(NC(=O)OCc1ccccc1)C1CCCCC1. The molecule has 2 rings (SSSR count). The summed E-state index contributed by atoms with van der Waals surface area (Å²) in [5, 5.41) is 12.0. The lowest BCUT2D eigenvalue weighted by molar-refractivity contribution is -0.139. The molecule has 23 heavy (non-hydrogen) atoms. The zero-order valence-electron chi connectivity index (χ0n) is 13.6. The topological polar surface area (TPSA) is 75.6 Å². The highest BCUT2D eigenvalue weighted by molar-refractivity contribution is 5.72. The van der Waals surface area contributed by atoms with Crippen LogP contribution in [-0.2, 0) is 16.1 Å². The van der Waals surface area contributed by atoms with Gasteiger partial charge in [0.2, 0.25) is 0 Å². The number of carbonyl (C=O) groups excluding carboxylic acids is 1. The van der Waals surface area contributed by atoms with Crippen LogP contribution in [0.5, 0.6) is 0 Å². The summed E-state index contributed by atoms with van der Waals surface area (Å²) in [6, 6.07) is 9.42. The number of aliphatic carboxylic acids is 1. The summed E-state index contributed by atoms with van der Waals surface area (Å²) in [6.45, 7) is 2.00. The lowest BCUT2D eigenvalue weighted by Gasteiger charge is -2.39. The highest BCUT2D eigenvalue weighted by atomic mass is 16.5. The van der Waals surface area contributed by atoms with Gasteiger partial charge in [0.1, 0.15) is 6.61 Å². The molecule has 1 aromatic carbocycles. The molecule has 0 saturated heterocycles. The Balaban J connectivity index is 1.95. The van der Waals surface area contributed by atoms with E-state index in [4.69, 9.17) is 4.74 Å². The third-order valence-electron chi connectivity index (χ3n) is 4.63. The number of ether oxygens (including phenoxy) is 1. The van der Waals surface area contributed by atoms with Gasteiger partial charge in [-0.05, 0) is 31.2 Å². The van der Waals surface area contributed by atoms with E-state index in [1.165, 1.54) is 6.42 Å². The molecule has 5 heteroatoms. The number of hydrogen-bond donors (Lipinski definition) is 2. The second-order valence-corrected chi connectivity index (χ2v) is 6.51. The number of carboxylic acid groups (broad SMARTS) is 1. The zero-order chi connectivity index (χ0) is 16.7. The number of carboxylic acids is 1. The van der Waals surface area contributed by atoms with Crippen LogP contribution in [0, 0.1) is 5.92 Å². The Morgan fingerprint density at radius 2 is 1.87 bits per heavy atom. The lowest BCUT2D eigenvalue weighted by atomic mass is 9.74. The molecule has 2 N–H and O–H groups in total. The summed E-state index contributed by atoms with van der Waals surface area (Å²) in [4.78, 5) is 23.4. The first-order valence-corrected chi connectivity index (χ1v) is 8.20. The van der Waals surface area contributed by atoms with E-state index in [0.29, 0.717) is 0 Å². The van der Waals surface area contributed by atoms with Crippen LogP contribution in [0.1, 0.15) is 51.0 Å². The van der Waals surface area contributed by atoms with Gasteiger partial charge in [-0.25, -0.2) is 4.79 Å². The molecule has 0 unspecified atom stereocenters. The van der Waals surface area contributed by atoms with Gasteiger partial charge >= 0.3 is 12.1 Å². The third kappa shape index (κ3) is 5.27. The lowest BCUT2D eigenvalue weighted by Crippen LogP contribution is -2.53. The number of benzene rings is 1. The molecular formula is C18H25NO4. The summed E-state index contributed by atoms with van der Waals surface area (Å²) in [5.41, 5.74) is 0.139. The Bertz CT molecular complexity index is 525. The van der Waals surface area contributed by atoms with Crippen molar-refractivity contribution in [3.63, 3.8) is 0 Å². The van der Waals surface area contributed by atoms with Crippen molar-refractivity contribution in [1.82, 2.24) is 5.32 Å². The van der Waals surface area contributed by atoms with E-state index in [-0.39, 0.29) is 18.9 Å². The van der Waals surface area contributed by atoms with Crippen molar-refractivity contribution in [2.24, 2.45) is 5.92 Å². The molecule has 0 heterocycles. The van der Waals surface area contributed by atoms with Gasteiger partial charge in [-0.1, -0.05) is 49.6 Å². The predicted octanol–water partition coefficient (Wildman–Crippen LogP) is 3.73. The number of carbonyl (C=O) groups is 2. The second-order valence-electron chi connectivity index (χ2n) is 6.51. The van der Waals surface area contributed by atoms with Crippen LogP contribution in [0.2, 0.25) is 0 Å². The first-order valence-electron chi connectivity index (χ1n) is 8.20. The standard InChI is InChI=1S/C18H25NO4/c1-18(12-16(20)21,15-10-6-3-7-11-15)19-17(22)23-13-14-8-4-2-5-9-14/h2,4-5,8-9,15H,3,6-7,10-13H2,1H3,(H,19,22)(H,20,21)/t18-/m1/s1. The maximum absolute atomic E-state index is 12.1. The number of hydrogen-bond acceptors (Lipinski definition) is 3. The molecule has 1 saturated carbocycles. The van der Waals surface area contributed by atoms with Crippen LogP contribution < -0.4 is 5.32 Å². The van der Waals surface area contributed by atoms with Crippen LogP contribution >= 0.6 is 0 Å². The van der Waals surface area contributed by atoms with Crippen molar-refractivity contribution in [3.8, 4) is 0 Å². The summed E-state index contributed by atoms with van der Waals surface area (Å²) in [5.74, 6) is -0.724. The van der Waals surface area contributed by atoms with Crippen molar-refractivity contribution < 1.29 is 19.4 Å². The largest absolute Gasteiger partial charge is 0.481 e. The van der Waals surface area contributed by atoms with Crippen molar-refractivity contribution in [1.29, 1.82) is 0 Å². The minimum Gasteiger partial charge on any atom is -0.481 e. The van der Waals surface area contributed by atoms with E-state index in [1.807, 2.05) is 37.3 Å².